The molecule has 42 heavy (non-hydrogen) atoms. The highest BCUT2D eigenvalue weighted by molar-refractivity contribution is 7.85. The van der Waals surface area contributed by atoms with Crippen LogP contribution in [0.5, 0.6) is 0 Å². The molecule has 0 radical (unpaired) electrons. The normalized spacial score (nSPS) is 18.9. The summed E-state index contributed by atoms with van der Waals surface area (Å²) in [5, 5.41) is 12.2. The number of alkyl halides is 3. The van der Waals surface area contributed by atoms with Gasteiger partial charge in [-0.05, 0) is 49.4 Å². The lowest BCUT2D eigenvalue weighted by Gasteiger charge is -2.28. The molecule has 1 aromatic carbocycles. The summed E-state index contributed by atoms with van der Waals surface area (Å²) in [5.41, 5.74) is 1.12. The van der Waals surface area contributed by atoms with Crippen molar-refractivity contribution in [3.63, 3.8) is 0 Å². The van der Waals surface area contributed by atoms with Crippen LogP contribution in [0.15, 0.2) is 48.9 Å². The van der Waals surface area contributed by atoms with Crippen LogP contribution in [0.1, 0.15) is 50.5 Å². The smallest absolute Gasteiger partial charge is 0.370 e. The third kappa shape index (κ3) is 7.55. The summed E-state index contributed by atoms with van der Waals surface area (Å²) in [6, 6.07) is 11.2. The van der Waals surface area contributed by atoms with Gasteiger partial charge in [-0.25, -0.2) is 4.98 Å². The molecule has 1 saturated heterocycles. The van der Waals surface area contributed by atoms with E-state index in [1.54, 1.807) is 6.20 Å². The van der Waals surface area contributed by atoms with Gasteiger partial charge in [0.15, 0.2) is 0 Å². The molecule has 3 aliphatic rings. The maximum absolute atomic E-state index is 12.9. The number of hydrogen-bond acceptors (Lipinski definition) is 7. The van der Waals surface area contributed by atoms with Gasteiger partial charge in [-0.1, -0.05) is 31.4 Å². The lowest BCUT2D eigenvalue weighted by molar-refractivity contribution is -0.137. The first-order valence-corrected chi connectivity index (χ1v) is 16.4. The van der Waals surface area contributed by atoms with Gasteiger partial charge in [-0.2, -0.15) is 18.4 Å². The van der Waals surface area contributed by atoms with Gasteiger partial charge >= 0.3 is 6.18 Å². The maximum Gasteiger partial charge on any atom is 0.417 e. The fraction of sp³-hybridized carbons (Fsp3) is 0.467. The number of pyridine rings is 1. The fourth-order valence-corrected chi connectivity index (χ4v) is 7.03. The topological polar surface area (TPSA) is 99.0 Å². The molecular weight excluding hydrogens is 583 g/mol. The molecule has 3 heterocycles. The number of nitrogens with zero attached hydrogens (tertiary/aromatic N) is 4. The Labute approximate surface area is 249 Å². The van der Waals surface area contributed by atoms with Gasteiger partial charge in [-0.15, -0.1) is 11.3 Å². The van der Waals surface area contributed by atoms with Crippen molar-refractivity contribution in [2.24, 2.45) is 5.92 Å². The van der Waals surface area contributed by atoms with E-state index in [9.17, 15) is 22.2 Å². The minimum atomic E-state index is -4.43. The molecule has 3 fully saturated rings. The van der Waals surface area contributed by atoms with Gasteiger partial charge < -0.3 is 10.2 Å². The van der Waals surface area contributed by atoms with Crippen LogP contribution in [0.3, 0.4) is 0 Å². The van der Waals surface area contributed by atoms with Crippen molar-refractivity contribution in [3.8, 4) is 27.1 Å². The minimum Gasteiger partial charge on any atom is -0.370 e. The predicted octanol–water partition coefficient (Wildman–Crippen LogP) is 6.20. The van der Waals surface area contributed by atoms with Crippen molar-refractivity contribution in [2.75, 3.05) is 29.5 Å². The molecular formula is C30H32F3N5O2S2. The zero-order valence-corrected chi connectivity index (χ0v) is 24.7. The number of rotatable bonds is 5. The Morgan fingerprint density at radius 1 is 1.05 bits per heavy atom. The summed E-state index contributed by atoms with van der Waals surface area (Å²) < 4.78 is 50.2. The molecule has 0 unspecified atom stereocenters. The monoisotopic (exact) mass is 615 g/mol. The maximum atomic E-state index is 12.9. The number of thiazole rings is 1. The quantitative estimate of drug-likeness (QED) is 0.367. The summed E-state index contributed by atoms with van der Waals surface area (Å²) in [4.78, 5) is 22.8. The Morgan fingerprint density at radius 3 is 2.36 bits per heavy atom. The van der Waals surface area contributed by atoms with E-state index in [1.165, 1.54) is 24.0 Å². The number of aromatic nitrogens is 2. The van der Waals surface area contributed by atoms with E-state index in [2.05, 4.69) is 26.3 Å². The second-order valence-corrected chi connectivity index (χ2v) is 13.6. The third-order valence-electron chi connectivity index (χ3n) is 7.82. The number of amides is 1. The first-order chi connectivity index (χ1) is 20.2. The molecule has 6 rings (SSSR count). The van der Waals surface area contributed by atoms with Crippen molar-refractivity contribution >= 4 is 33.7 Å². The van der Waals surface area contributed by atoms with Crippen molar-refractivity contribution in [3.05, 3.63) is 54.5 Å². The largest absolute Gasteiger partial charge is 0.417 e. The average Bonchev–Trinajstić information content (AvgIpc) is 3.60. The number of hydrogen-bond donors (Lipinski definition) is 1. The summed E-state index contributed by atoms with van der Waals surface area (Å²) in [6.45, 7) is 1.55. The van der Waals surface area contributed by atoms with E-state index in [-0.39, 0.29) is 11.8 Å². The van der Waals surface area contributed by atoms with E-state index in [1.807, 2.05) is 24.3 Å². The van der Waals surface area contributed by atoms with E-state index in [0.29, 0.717) is 22.1 Å². The van der Waals surface area contributed by atoms with Crippen LogP contribution in [0.2, 0.25) is 0 Å². The first kappa shape index (κ1) is 30.2. The Morgan fingerprint density at radius 2 is 1.74 bits per heavy atom. The summed E-state index contributed by atoms with van der Waals surface area (Å²) >= 11 is 1.33. The van der Waals surface area contributed by atoms with E-state index >= 15 is 0 Å². The average molecular weight is 616 g/mol. The van der Waals surface area contributed by atoms with Crippen LogP contribution in [-0.2, 0) is 21.8 Å². The van der Waals surface area contributed by atoms with Crippen molar-refractivity contribution in [1.82, 2.24) is 15.3 Å². The number of nitrogens with one attached hydrogen (secondary N) is 1. The summed E-state index contributed by atoms with van der Waals surface area (Å²) in [6.07, 6.45) is 6.71. The van der Waals surface area contributed by atoms with Gasteiger partial charge in [-0.3, -0.25) is 14.0 Å². The number of benzene rings is 1. The number of nitriles is 1. The zero-order valence-electron chi connectivity index (χ0n) is 23.0. The Kier molecular flexibility index (Phi) is 9.28. The molecule has 3 aromatic rings. The molecule has 0 atom stereocenters. The molecule has 2 saturated carbocycles. The number of anilines is 1. The minimum absolute atomic E-state index is 0.115. The van der Waals surface area contributed by atoms with Crippen molar-refractivity contribution in [1.29, 1.82) is 5.26 Å². The van der Waals surface area contributed by atoms with E-state index in [0.717, 1.165) is 80.0 Å². The van der Waals surface area contributed by atoms with Gasteiger partial charge in [0.1, 0.15) is 10.5 Å². The fourth-order valence-electron chi connectivity index (χ4n) is 5.08. The molecule has 2 aromatic heterocycles. The molecule has 0 spiro atoms. The summed E-state index contributed by atoms with van der Waals surface area (Å²) in [5.74, 6) is 1.66. The SMILES string of the molecule is N#CC1(NC(=O)C2CCCCC2)CC1.O=S1CCN(c2ccc(-c3cnc(-c4cncc(C(F)(F)F)c4)s3)cc2)CC1. The zero-order chi connectivity index (χ0) is 29.7. The number of carbonyl (C=O) groups excluding carboxylic acids is 1. The molecule has 12 heteroatoms. The molecule has 0 bridgehead atoms. The Balaban J connectivity index is 0.000000211. The Bertz CT molecular complexity index is 1450. The second kappa shape index (κ2) is 12.9. The van der Waals surface area contributed by atoms with E-state index in [4.69, 9.17) is 5.26 Å². The van der Waals surface area contributed by atoms with E-state index < -0.39 is 28.1 Å². The van der Waals surface area contributed by atoms with Gasteiger partial charge in [0.25, 0.3) is 0 Å². The van der Waals surface area contributed by atoms with Crippen LogP contribution >= 0.6 is 11.3 Å². The third-order valence-corrected chi connectivity index (χ3v) is 10.2. The van der Waals surface area contributed by atoms with Crippen LogP contribution in [-0.4, -0.2) is 50.2 Å². The molecule has 7 nitrogen and oxygen atoms in total. The molecule has 1 amide bonds. The molecule has 1 N–H and O–H groups in total. The van der Waals surface area contributed by atoms with Crippen LogP contribution in [0.25, 0.3) is 21.0 Å². The lowest BCUT2D eigenvalue weighted by atomic mass is 9.88. The van der Waals surface area contributed by atoms with Crippen molar-refractivity contribution in [2.45, 2.75) is 56.7 Å². The highest BCUT2D eigenvalue weighted by atomic mass is 32.2. The van der Waals surface area contributed by atoms with Gasteiger partial charge in [0.05, 0.1) is 16.5 Å². The van der Waals surface area contributed by atoms with Gasteiger partial charge in [0, 0.05) is 71.2 Å². The first-order valence-electron chi connectivity index (χ1n) is 14.1. The highest BCUT2D eigenvalue weighted by Crippen LogP contribution is 2.37. The standard InChI is InChI=1S/C19H16F3N3OS2.C11H16N2O/c20-19(21,22)15-9-14(10-23-11-15)18-24-12-17(27-18)13-1-3-16(4-2-13)25-5-7-28(26)8-6-25;12-8-11(6-7-11)13-10(14)9-4-2-1-3-5-9/h1-4,9-12H,5-8H2;9H,1-7H2,(H,13,14). The predicted molar refractivity (Wildman–Crippen MR) is 158 cm³/mol. The van der Waals surface area contributed by atoms with Crippen LogP contribution in [0, 0.1) is 17.2 Å². The molecule has 2 aliphatic carbocycles. The lowest BCUT2D eigenvalue weighted by Crippen LogP contribution is -2.40. The number of halogens is 3. The van der Waals surface area contributed by atoms with Gasteiger partial charge in [0.2, 0.25) is 5.91 Å². The molecule has 222 valence electrons. The summed E-state index contributed by atoms with van der Waals surface area (Å²) in [7, 11) is -0.716. The van der Waals surface area contributed by atoms with Crippen LogP contribution in [0.4, 0.5) is 18.9 Å². The second-order valence-electron chi connectivity index (χ2n) is 10.9. The van der Waals surface area contributed by atoms with Crippen molar-refractivity contribution < 1.29 is 22.2 Å². The molecule has 1 aliphatic heterocycles. The Hall–Kier alpha value is -3.30. The number of carbonyl (C=O) groups is 1. The highest BCUT2D eigenvalue weighted by Gasteiger charge is 2.45. The van der Waals surface area contributed by atoms with Crippen LogP contribution < -0.4 is 10.2 Å².